The molecule has 1 heterocycles. The highest BCUT2D eigenvalue weighted by Crippen LogP contribution is 2.31. The molecular formula is C14H14FN3O2S. The number of nitro groups is 1. The van der Waals surface area contributed by atoms with Gasteiger partial charge in [0.05, 0.1) is 11.0 Å². The van der Waals surface area contributed by atoms with E-state index >= 15 is 0 Å². The van der Waals surface area contributed by atoms with Crippen LogP contribution in [0.3, 0.4) is 0 Å². The van der Waals surface area contributed by atoms with E-state index in [0.29, 0.717) is 22.3 Å². The zero-order chi connectivity index (χ0) is 15.2. The Balaban J connectivity index is 2.31. The molecule has 1 aromatic carbocycles. The first-order valence-electron chi connectivity index (χ1n) is 6.43. The van der Waals surface area contributed by atoms with Gasteiger partial charge in [-0.2, -0.15) is 0 Å². The lowest BCUT2D eigenvalue weighted by molar-refractivity contribution is -0.385. The third-order valence-corrected chi connectivity index (χ3v) is 3.57. The largest absolute Gasteiger partial charge is 0.370 e. The zero-order valence-corrected chi connectivity index (χ0v) is 12.2. The van der Waals surface area contributed by atoms with Gasteiger partial charge < -0.3 is 5.32 Å². The van der Waals surface area contributed by atoms with Gasteiger partial charge in [-0.3, -0.25) is 10.1 Å². The van der Waals surface area contributed by atoms with Crippen molar-refractivity contribution < 1.29 is 9.31 Å². The number of aromatic nitrogens is 1. The van der Waals surface area contributed by atoms with Gasteiger partial charge in [-0.05, 0) is 18.6 Å². The number of halogens is 1. The molecule has 21 heavy (non-hydrogen) atoms. The minimum Gasteiger partial charge on any atom is -0.370 e. The summed E-state index contributed by atoms with van der Waals surface area (Å²) in [5, 5.41) is 14.4. The Hall–Kier alpha value is -2.15. The predicted octanol–water partition coefficient (Wildman–Crippen LogP) is 4.10. The van der Waals surface area contributed by atoms with Crippen LogP contribution in [0.15, 0.2) is 46.3 Å². The zero-order valence-electron chi connectivity index (χ0n) is 11.4. The second-order valence-electron chi connectivity index (χ2n) is 4.27. The first kappa shape index (κ1) is 15.2. The minimum atomic E-state index is -0.482. The third-order valence-electron chi connectivity index (χ3n) is 2.60. The second-order valence-corrected chi connectivity index (χ2v) is 5.33. The van der Waals surface area contributed by atoms with Gasteiger partial charge in [-0.15, -0.1) is 0 Å². The van der Waals surface area contributed by atoms with Crippen molar-refractivity contribution in [2.45, 2.75) is 23.3 Å². The van der Waals surface area contributed by atoms with Crippen molar-refractivity contribution in [2.24, 2.45) is 0 Å². The number of pyridine rings is 1. The summed E-state index contributed by atoms with van der Waals surface area (Å²) < 4.78 is 13.6. The van der Waals surface area contributed by atoms with Crippen molar-refractivity contribution in [1.82, 2.24) is 4.98 Å². The number of nitrogens with one attached hydrogen (secondary N) is 1. The Kier molecular flexibility index (Phi) is 5.10. The fraction of sp³-hybridized carbons (Fsp3) is 0.214. The van der Waals surface area contributed by atoms with E-state index in [1.54, 1.807) is 18.2 Å². The summed E-state index contributed by atoms with van der Waals surface area (Å²) >= 11 is 1.06. The molecule has 2 aromatic rings. The van der Waals surface area contributed by atoms with Crippen LogP contribution in [0.5, 0.6) is 0 Å². The van der Waals surface area contributed by atoms with Crippen LogP contribution in [0.2, 0.25) is 0 Å². The molecule has 7 heteroatoms. The highest BCUT2D eigenvalue weighted by molar-refractivity contribution is 7.99. The molecule has 0 fully saturated rings. The molecular weight excluding hydrogens is 293 g/mol. The third kappa shape index (κ3) is 4.16. The maximum absolute atomic E-state index is 13.6. The predicted molar refractivity (Wildman–Crippen MR) is 80.2 cm³/mol. The summed E-state index contributed by atoms with van der Waals surface area (Å²) in [6.07, 6.45) is 0.875. The van der Waals surface area contributed by atoms with Crippen molar-refractivity contribution in [2.75, 3.05) is 11.9 Å². The molecule has 1 N–H and O–H groups in total. The number of anilines is 1. The molecule has 1 aromatic heterocycles. The number of hydrogen-bond donors (Lipinski definition) is 1. The lowest BCUT2D eigenvalue weighted by atomic mass is 10.3. The lowest BCUT2D eigenvalue weighted by Gasteiger charge is -2.07. The van der Waals surface area contributed by atoms with E-state index in [9.17, 15) is 14.5 Å². The van der Waals surface area contributed by atoms with Crippen molar-refractivity contribution in [1.29, 1.82) is 0 Å². The monoisotopic (exact) mass is 307 g/mol. The normalized spacial score (nSPS) is 10.4. The molecule has 0 saturated heterocycles. The van der Waals surface area contributed by atoms with Gasteiger partial charge in [-0.25, -0.2) is 9.37 Å². The summed E-state index contributed by atoms with van der Waals surface area (Å²) in [6.45, 7) is 2.65. The topological polar surface area (TPSA) is 68.1 Å². The molecule has 0 atom stereocenters. The smallest absolute Gasteiger partial charge is 0.275 e. The molecule has 0 saturated carbocycles. The molecule has 0 bridgehead atoms. The van der Waals surface area contributed by atoms with Gasteiger partial charge in [0, 0.05) is 17.5 Å². The van der Waals surface area contributed by atoms with Gasteiger partial charge >= 0.3 is 0 Å². The number of benzene rings is 1. The van der Waals surface area contributed by atoms with E-state index in [-0.39, 0.29) is 11.5 Å². The molecule has 0 radical (unpaired) electrons. The first-order valence-corrected chi connectivity index (χ1v) is 7.24. The van der Waals surface area contributed by atoms with E-state index in [4.69, 9.17) is 0 Å². The van der Waals surface area contributed by atoms with Gasteiger partial charge in [0.1, 0.15) is 16.7 Å². The van der Waals surface area contributed by atoms with Gasteiger partial charge in [0.25, 0.3) is 5.69 Å². The van der Waals surface area contributed by atoms with E-state index in [1.807, 2.05) is 6.92 Å². The van der Waals surface area contributed by atoms with Crippen molar-refractivity contribution >= 4 is 23.3 Å². The number of nitrogens with zero attached hydrogens (tertiary/aromatic N) is 2. The van der Waals surface area contributed by atoms with Crippen LogP contribution in [0.4, 0.5) is 15.9 Å². The van der Waals surface area contributed by atoms with Crippen LogP contribution in [0.25, 0.3) is 0 Å². The minimum absolute atomic E-state index is 0.0672. The van der Waals surface area contributed by atoms with E-state index in [0.717, 1.165) is 18.2 Å². The van der Waals surface area contributed by atoms with E-state index in [1.165, 1.54) is 18.2 Å². The van der Waals surface area contributed by atoms with Crippen LogP contribution < -0.4 is 5.32 Å². The van der Waals surface area contributed by atoms with Crippen LogP contribution in [0, 0.1) is 15.9 Å². The average Bonchev–Trinajstić information content (AvgIpc) is 2.47. The Bertz CT molecular complexity index is 652. The molecule has 0 aliphatic rings. The Morgan fingerprint density at radius 1 is 1.38 bits per heavy atom. The van der Waals surface area contributed by atoms with Crippen LogP contribution in [0.1, 0.15) is 13.3 Å². The summed E-state index contributed by atoms with van der Waals surface area (Å²) in [5.41, 5.74) is -0.0672. The first-order chi connectivity index (χ1) is 10.1. The average molecular weight is 307 g/mol. The van der Waals surface area contributed by atoms with Crippen LogP contribution in [-0.4, -0.2) is 16.5 Å². The molecule has 2 rings (SSSR count). The SMILES string of the molecule is CCCNc1cc([N+](=O)[O-])cc(Sc2ccccc2F)n1. The Morgan fingerprint density at radius 3 is 2.81 bits per heavy atom. The molecule has 0 spiro atoms. The summed E-state index contributed by atoms with van der Waals surface area (Å²) in [4.78, 5) is 15.1. The van der Waals surface area contributed by atoms with Crippen molar-refractivity contribution in [3.8, 4) is 0 Å². The molecule has 110 valence electrons. The highest BCUT2D eigenvalue weighted by atomic mass is 32.2. The van der Waals surface area contributed by atoms with E-state index < -0.39 is 4.92 Å². The maximum Gasteiger partial charge on any atom is 0.275 e. The molecule has 5 nitrogen and oxygen atoms in total. The highest BCUT2D eigenvalue weighted by Gasteiger charge is 2.13. The van der Waals surface area contributed by atoms with Crippen LogP contribution >= 0.6 is 11.8 Å². The second kappa shape index (κ2) is 7.03. The standard InChI is InChI=1S/C14H14FN3O2S/c1-2-7-16-13-8-10(18(19)20)9-14(17-13)21-12-6-4-3-5-11(12)15/h3-6,8-9H,2,7H2,1H3,(H,16,17). The van der Waals surface area contributed by atoms with Crippen molar-refractivity contribution in [3.05, 3.63) is 52.3 Å². The summed E-state index contributed by atoms with van der Waals surface area (Å²) in [6, 6.07) is 8.97. The molecule has 0 aliphatic carbocycles. The number of hydrogen-bond acceptors (Lipinski definition) is 5. The molecule has 0 unspecified atom stereocenters. The molecule has 0 aliphatic heterocycles. The van der Waals surface area contributed by atoms with Gasteiger partial charge in [-0.1, -0.05) is 30.8 Å². The van der Waals surface area contributed by atoms with E-state index in [2.05, 4.69) is 10.3 Å². The quantitative estimate of drug-likeness (QED) is 0.642. The maximum atomic E-state index is 13.6. The van der Waals surface area contributed by atoms with Gasteiger partial charge in [0.2, 0.25) is 0 Å². The Labute approximate surface area is 125 Å². The fourth-order valence-electron chi connectivity index (χ4n) is 1.63. The fourth-order valence-corrected chi connectivity index (χ4v) is 2.49. The van der Waals surface area contributed by atoms with Crippen molar-refractivity contribution in [3.63, 3.8) is 0 Å². The van der Waals surface area contributed by atoms with Crippen LogP contribution in [-0.2, 0) is 0 Å². The summed E-state index contributed by atoms with van der Waals surface area (Å²) in [5.74, 6) is 0.0452. The lowest BCUT2D eigenvalue weighted by Crippen LogP contribution is -2.03. The number of rotatable bonds is 6. The Morgan fingerprint density at radius 2 is 2.14 bits per heavy atom. The molecule has 0 amide bonds. The van der Waals surface area contributed by atoms with Gasteiger partial charge in [0.15, 0.2) is 0 Å². The summed E-state index contributed by atoms with van der Waals surface area (Å²) in [7, 11) is 0.